The Balaban J connectivity index is 1.35. The first kappa shape index (κ1) is 21.3. The van der Waals surface area contributed by atoms with Crippen molar-refractivity contribution in [2.45, 2.75) is 44.3 Å². The zero-order chi connectivity index (χ0) is 22.3. The van der Waals surface area contributed by atoms with Crippen molar-refractivity contribution in [2.24, 2.45) is 5.92 Å². The summed E-state index contributed by atoms with van der Waals surface area (Å²) in [5.41, 5.74) is 9.23. The van der Waals surface area contributed by atoms with Gasteiger partial charge in [-0.15, -0.1) is 0 Å². The van der Waals surface area contributed by atoms with E-state index < -0.39 is 0 Å². The minimum absolute atomic E-state index is 0.0911. The Labute approximate surface area is 191 Å². The van der Waals surface area contributed by atoms with Crippen molar-refractivity contribution in [3.8, 4) is 23.0 Å². The fourth-order valence-electron chi connectivity index (χ4n) is 4.35. The summed E-state index contributed by atoms with van der Waals surface area (Å²) < 4.78 is 12.1. The molecule has 2 aliphatic rings. The monoisotopic (exact) mass is 457 g/mol. The van der Waals surface area contributed by atoms with Gasteiger partial charge in [-0.1, -0.05) is 11.6 Å². The van der Waals surface area contributed by atoms with Gasteiger partial charge in [-0.2, -0.15) is 4.98 Å². The van der Waals surface area contributed by atoms with Gasteiger partial charge in [0.2, 0.25) is 0 Å². The number of fused-ring (bicyclic) bond motifs is 1. The van der Waals surface area contributed by atoms with Crippen LogP contribution in [0.4, 0.5) is 5.69 Å². The summed E-state index contributed by atoms with van der Waals surface area (Å²) in [5, 5.41) is 13.0. The number of nitrogen functional groups attached to an aromatic ring is 1. The number of imidazole rings is 1. The number of rotatable bonds is 6. The van der Waals surface area contributed by atoms with Crippen LogP contribution in [0, 0.1) is 5.92 Å². The number of aliphatic hydroxyl groups is 1. The molecule has 0 unspecified atom stereocenters. The average Bonchev–Trinajstić information content (AvgIpc) is 3.15. The quantitative estimate of drug-likeness (QED) is 0.418. The number of H-pyrrole nitrogens is 1. The lowest BCUT2D eigenvalue weighted by atomic mass is 9.88. The van der Waals surface area contributed by atoms with E-state index in [4.69, 9.17) is 26.8 Å². The molecule has 0 amide bonds. The second-order valence-electron chi connectivity index (χ2n) is 9.08. The number of hydrogen-bond donors (Lipinski definition) is 4. The number of anilines is 1. The topological polar surface area (TPSA) is 118 Å². The molecule has 3 aromatic rings. The molecule has 32 heavy (non-hydrogen) atoms. The molecule has 1 aromatic carbocycles. The van der Waals surface area contributed by atoms with E-state index in [-0.39, 0.29) is 18.3 Å². The second-order valence-corrected chi connectivity index (χ2v) is 9.49. The Bertz CT molecular complexity index is 1120. The summed E-state index contributed by atoms with van der Waals surface area (Å²) in [7, 11) is 0. The highest BCUT2D eigenvalue weighted by Crippen LogP contribution is 2.35. The summed E-state index contributed by atoms with van der Waals surface area (Å²) in [5.74, 6) is 1.03. The molecule has 5 N–H and O–H groups in total. The number of aliphatic hydroxyl groups excluding tert-OH is 1. The van der Waals surface area contributed by atoms with Crippen LogP contribution < -0.4 is 20.5 Å². The molecule has 170 valence electrons. The summed E-state index contributed by atoms with van der Waals surface area (Å²) in [6.07, 6.45) is 3.83. The molecule has 3 heterocycles. The van der Waals surface area contributed by atoms with Crippen LogP contribution in [0.5, 0.6) is 11.8 Å². The Kier molecular flexibility index (Phi) is 5.61. The van der Waals surface area contributed by atoms with Crippen LogP contribution in [-0.4, -0.2) is 51.5 Å². The second kappa shape index (κ2) is 8.42. The first-order valence-electron chi connectivity index (χ1n) is 11.1. The summed E-state index contributed by atoms with van der Waals surface area (Å²) in [4.78, 5) is 12.4. The third-order valence-electron chi connectivity index (χ3n) is 6.37. The zero-order valence-corrected chi connectivity index (χ0v) is 18.8. The zero-order valence-electron chi connectivity index (χ0n) is 18.0. The molecule has 0 atom stereocenters. The van der Waals surface area contributed by atoms with E-state index in [2.05, 4.69) is 27.2 Å². The standard InChI is InChI=1S/C23H28ClN5O3/c1-23(11-26-12-23)32-19-7-4-14(8-17(19)25)20-16(24)9-18-21(28-20)29-22(27-18)31-15-5-2-13(10-30)3-6-15/h4,7-9,13,15,26,30H,2-3,5-6,10-12,25H2,1H3,(H,27,28,29). The first-order chi connectivity index (χ1) is 15.4. The van der Waals surface area contributed by atoms with Gasteiger partial charge >= 0.3 is 0 Å². The van der Waals surface area contributed by atoms with Crippen molar-refractivity contribution in [1.82, 2.24) is 20.3 Å². The van der Waals surface area contributed by atoms with Gasteiger partial charge in [0, 0.05) is 25.3 Å². The molecule has 5 rings (SSSR count). The van der Waals surface area contributed by atoms with E-state index in [0.717, 1.165) is 49.9 Å². The number of nitrogens with one attached hydrogen (secondary N) is 2. The Morgan fingerprint density at radius 2 is 1.97 bits per heavy atom. The summed E-state index contributed by atoms with van der Waals surface area (Å²) in [6.45, 7) is 3.89. The predicted molar refractivity (Wildman–Crippen MR) is 124 cm³/mol. The van der Waals surface area contributed by atoms with Gasteiger partial charge in [-0.05, 0) is 62.8 Å². The maximum atomic E-state index is 9.31. The predicted octanol–water partition coefficient (Wildman–Crippen LogP) is 3.53. The number of ether oxygens (including phenoxy) is 2. The number of aromatic amines is 1. The van der Waals surface area contributed by atoms with Crippen LogP contribution in [-0.2, 0) is 0 Å². The number of pyridine rings is 1. The van der Waals surface area contributed by atoms with Crippen molar-refractivity contribution in [3.05, 3.63) is 29.3 Å². The van der Waals surface area contributed by atoms with Crippen LogP contribution in [0.3, 0.4) is 0 Å². The Morgan fingerprint density at radius 3 is 2.62 bits per heavy atom. The maximum Gasteiger partial charge on any atom is 0.296 e. The van der Waals surface area contributed by atoms with Gasteiger partial charge in [0.1, 0.15) is 17.5 Å². The first-order valence-corrected chi connectivity index (χ1v) is 11.4. The van der Waals surface area contributed by atoms with Crippen LogP contribution in [0.2, 0.25) is 5.02 Å². The third-order valence-corrected chi connectivity index (χ3v) is 6.66. The van der Waals surface area contributed by atoms with Crippen molar-refractivity contribution in [1.29, 1.82) is 0 Å². The van der Waals surface area contributed by atoms with E-state index in [0.29, 0.717) is 39.7 Å². The molecular weight excluding hydrogens is 430 g/mol. The van der Waals surface area contributed by atoms with E-state index in [9.17, 15) is 5.11 Å². The molecule has 0 spiro atoms. The lowest BCUT2D eigenvalue weighted by Crippen LogP contribution is -2.61. The van der Waals surface area contributed by atoms with Gasteiger partial charge in [0.25, 0.3) is 6.01 Å². The van der Waals surface area contributed by atoms with Crippen LogP contribution >= 0.6 is 11.6 Å². The van der Waals surface area contributed by atoms with E-state index in [1.165, 1.54) is 0 Å². The molecule has 9 heteroatoms. The van der Waals surface area contributed by atoms with Gasteiger partial charge in [-0.25, -0.2) is 4.98 Å². The smallest absolute Gasteiger partial charge is 0.296 e. The Hall–Kier alpha value is -2.55. The lowest BCUT2D eigenvalue weighted by molar-refractivity contribution is 0.0356. The van der Waals surface area contributed by atoms with Gasteiger partial charge in [-0.3, -0.25) is 0 Å². The summed E-state index contributed by atoms with van der Waals surface area (Å²) in [6, 6.07) is 7.85. The molecule has 2 aromatic heterocycles. The van der Waals surface area contributed by atoms with Crippen molar-refractivity contribution < 1.29 is 14.6 Å². The molecular formula is C23H28ClN5O3. The van der Waals surface area contributed by atoms with Crippen molar-refractivity contribution >= 4 is 28.5 Å². The third kappa shape index (κ3) is 4.22. The molecule has 8 nitrogen and oxygen atoms in total. The number of hydrogen-bond acceptors (Lipinski definition) is 7. The number of benzene rings is 1. The normalized spacial score (nSPS) is 22.5. The highest BCUT2D eigenvalue weighted by atomic mass is 35.5. The molecule has 1 aliphatic carbocycles. The van der Waals surface area contributed by atoms with Crippen molar-refractivity contribution in [3.63, 3.8) is 0 Å². The minimum atomic E-state index is -0.229. The van der Waals surface area contributed by atoms with E-state index >= 15 is 0 Å². The number of aromatic nitrogens is 3. The maximum absolute atomic E-state index is 9.31. The minimum Gasteiger partial charge on any atom is -0.483 e. The molecule has 0 radical (unpaired) electrons. The van der Waals surface area contributed by atoms with Crippen LogP contribution in [0.25, 0.3) is 22.4 Å². The van der Waals surface area contributed by atoms with Crippen LogP contribution in [0.1, 0.15) is 32.6 Å². The lowest BCUT2D eigenvalue weighted by Gasteiger charge is -2.39. The molecule has 1 saturated carbocycles. The molecule has 2 fully saturated rings. The van der Waals surface area contributed by atoms with Gasteiger partial charge in [0.15, 0.2) is 5.65 Å². The van der Waals surface area contributed by atoms with Gasteiger partial charge in [0.05, 0.1) is 21.9 Å². The largest absolute Gasteiger partial charge is 0.483 e. The van der Waals surface area contributed by atoms with Crippen LogP contribution in [0.15, 0.2) is 24.3 Å². The fraction of sp³-hybridized carbons (Fsp3) is 0.478. The van der Waals surface area contributed by atoms with Crippen molar-refractivity contribution in [2.75, 3.05) is 25.4 Å². The molecule has 1 saturated heterocycles. The fourth-order valence-corrected chi connectivity index (χ4v) is 4.61. The summed E-state index contributed by atoms with van der Waals surface area (Å²) >= 11 is 6.55. The number of nitrogens with two attached hydrogens (primary N) is 1. The molecule has 0 bridgehead atoms. The Morgan fingerprint density at radius 1 is 1.19 bits per heavy atom. The average molecular weight is 458 g/mol. The SMILES string of the molecule is CC1(Oc2ccc(-c3nc4nc(OC5CCC(CO)CC5)[nH]c4cc3Cl)cc2N)CNC1. The number of nitrogens with zero attached hydrogens (tertiary/aromatic N) is 2. The number of halogens is 1. The van der Waals surface area contributed by atoms with Gasteiger partial charge < -0.3 is 30.6 Å². The highest BCUT2D eigenvalue weighted by molar-refractivity contribution is 6.33. The van der Waals surface area contributed by atoms with E-state index in [1.807, 2.05) is 24.3 Å². The van der Waals surface area contributed by atoms with E-state index in [1.54, 1.807) is 0 Å². The highest BCUT2D eigenvalue weighted by Gasteiger charge is 2.34. The molecule has 1 aliphatic heterocycles.